The Balaban J connectivity index is 3.58. The van der Waals surface area contributed by atoms with Crippen LogP contribution in [0.5, 0.6) is 0 Å². The first-order valence-electron chi connectivity index (χ1n) is 6.69. The Labute approximate surface area is 101 Å². The second kappa shape index (κ2) is 13.0. The lowest BCUT2D eigenvalue weighted by atomic mass is 9.51. The third kappa shape index (κ3) is 10.5. The average molecular weight is 229 g/mol. The van der Waals surface area contributed by atoms with Crippen LogP contribution in [0.15, 0.2) is 0 Å². The zero-order valence-corrected chi connectivity index (χ0v) is 11.2. The molecule has 0 fully saturated rings. The second-order valence-corrected chi connectivity index (χ2v) is 3.96. The van der Waals surface area contributed by atoms with Crippen molar-refractivity contribution >= 4 is 7.32 Å². The lowest BCUT2D eigenvalue weighted by Crippen LogP contribution is -2.28. The fraction of sp³-hybridized carbons (Fsp3) is 1.00. The molecule has 0 aliphatic rings. The van der Waals surface area contributed by atoms with Crippen LogP contribution in [0.3, 0.4) is 0 Å². The molecule has 0 heterocycles. The molecule has 0 saturated heterocycles. The Kier molecular flexibility index (Phi) is 13.0. The summed E-state index contributed by atoms with van der Waals surface area (Å²) in [4.78, 5) is 0. The van der Waals surface area contributed by atoms with Crippen LogP contribution < -0.4 is 0 Å². The van der Waals surface area contributed by atoms with Gasteiger partial charge in [0.2, 0.25) is 0 Å². The number of hydrogen-bond donors (Lipinski definition) is 0. The highest BCUT2D eigenvalue weighted by Gasteiger charge is 2.20. The molecular weight excluding hydrogens is 202 g/mol. The Morgan fingerprint density at radius 2 is 0.938 bits per heavy atom. The summed E-state index contributed by atoms with van der Waals surface area (Å²) in [5.74, 6) is 0. The normalized spacial score (nSPS) is 10.7. The number of unbranched alkanes of at least 4 members (excludes halogenated alkanes) is 3. The van der Waals surface area contributed by atoms with E-state index in [1.54, 1.807) is 0 Å². The van der Waals surface area contributed by atoms with E-state index >= 15 is 0 Å². The van der Waals surface area contributed by atoms with Crippen molar-refractivity contribution in [1.82, 2.24) is 0 Å². The molecule has 0 amide bonds. The fourth-order valence-electron chi connectivity index (χ4n) is 1.12. The topological polar surface area (TPSA) is 27.7 Å². The molecule has 0 rings (SSSR count). The van der Waals surface area contributed by atoms with Gasteiger partial charge in [0.05, 0.1) is 0 Å². The first-order chi connectivity index (χ1) is 7.85. The summed E-state index contributed by atoms with van der Waals surface area (Å²) in [6.07, 6.45) is 6.59. The van der Waals surface area contributed by atoms with Crippen molar-refractivity contribution < 1.29 is 14.0 Å². The van der Waals surface area contributed by atoms with Crippen molar-refractivity contribution in [3.8, 4) is 0 Å². The van der Waals surface area contributed by atoms with Gasteiger partial charge in [0.25, 0.3) is 0 Å². The molecule has 0 aromatic heterocycles. The van der Waals surface area contributed by atoms with Crippen LogP contribution in [0.4, 0.5) is 0 Å². The highest BCUT2D eigenvalue weighted by Crippen LogP contribution is 2.00. The molecule has 96 valence electrons. The second-order valence-electron chi connectivity index (χ2n) is 3.96. The van der Waals surface area contributed by atoms with E-state index in [1.807, 2.05) is 0 Å². The summed E-state index contributed by atoms with van der Waals surface area (Å²) < 4.78 is 16.6. The molecule has 3 nitrogen and oxygen atoms in total. The minimum atomic E-state index is -0.454. The highest BCUT2D eigenvalue weighted by atomic mass is 16.7. The summed E-state index contributed by atoms with van der Waals surface area (Å²) in [7, 11) is -0.454. The van der Waals surface area contributed by atoms with Crippen LogP contribution >= 0.6 is 0 Å². The Hall–Kier alpha value is -0.0551. The standard InChI is InChI=1S/C12H27BO3/c1-4-7-10-14-13(15-11-8-5-2)16-12-9-6-3/h4-12H2,1-3H3/i13-1. The van der Waals surface area contributed by atoms with Crippen molar-refractivity contribution in [1.29, 1.82) is 0 Å². The smallest absolute Gasteiger partial charge is 0.386 e. The van der Waals surface area contributed by atoms with Gasteiger partial charge < -0.3 is 14.0 Å². The third-order valence-corrected chi connectivity index (χ3v) is 2.26. The van der Waals surface area contributed by atoms with Gasteiger partial charge in [0.15, 0.2) is 0 Å². The van der Waals surface area contributed by atoms with Crippen LogP contribution in [-0.4, -0.2) is 27.1 Å². The molecule has 0 aliphatic carbocycles. The van der Waals surface area contributed by atoms with E-state index in [0.29, 0.717) is 0 Å². The number of hydrogen-bond acceptors (Lipinski definition) is 3. The molecule has 0 N–H and O–H groups in total. The molecule has 0 bridgehead atoms. The van der Waals surface area contributed by atoms with E-state index in [2.05, 4.69) is 20.8 Å². The molecule has 0 aliphatic heterocycles. The van der Waals surface area contributed by atoms with Crippen molar-refractivity contribution in [2.24, 2.45) is 0 Å². The summed E-state index contributed by atoms with van der Waals surface area (Å²) in [5, 5.41) is 0. The molecule has 0 atom stereocenters. The van der Waals surface area contributed by atoms with E-state index in [0.717, 1.165) is 58.3 Å². The van der Waals surface area contributed by atoms with Gasteiger partial charge in [-0.15, -0.1) is 0 Å². The lowest BCUT2D eigenvalue weighted by Gasteiger charge is -2.14. The predicted octanol–water partition coefficient (Wildman–Crippen LogP) is 3.42. The maximum absolute atomic E-state index is 5.53. The van der Waals surface area contributed by atoms with Crippen molar-refractivity contribution in [2.75, 3.05) is 19.8 Å². The highest BCUT2D eigenvalue weighted by molar-refractivity contribution is 6.36. The zero-order valence-electron chi connectivity index (χ0n) is 11.2. The summed E-state index contributed by atoms with van der Waals surface area (Å²) in [6, 6.07) is 0. The summed E-state index contributed by atoms with van der Waals surface area (Å²) in [6.45, 7) is 8.61. The number of rotatable bonds is 12. The average Bonchev–Trinajstić information content (AvgIpc) is 2.29. The monoisotopic (exact) mass is 229 g/mol. The van der Waals surface area contributed by atoms with Gasteiger partial charge in [-0.05, 0) is 19.3 Å². The van der Waals surface area contributed by atoms with Crippen LogP contribution in [0.25, 0.3) is 0 Å². The van der Waals surface area contributed by atoms with Gasteiger partial charge in [-0.3, -0.25) is 0 Å². The molecular formula is C12H27BO3. The first-order valence-corrected chi connectivity index (χ1v) is 6.69. The fourth-order valence-corrected chi connectivity index (χ4v) is 1.12. The Morgan fingerprint density at radius 3 is 1.19 bits per heavy atom. The molecule has 0 spiro atoms. The van der Waals surface area contributed by atoms with Gasteiger partial charge >= 0.3 is 7.32 Å². The van der Waals surface area contributed by atoms with E-state index in [4.69, 9.17) is 14.0 Å². The van der Waals surface area contributed by atoms with Gasteiger partial charge in [-0.25, -0.2) is 0 Å². The Bertz CT molecular complexity index is 110. The largest absolute Gasteiger partial charge is 0.639 e. The van der Waals surface area contributed by atoms with Gasteiger partial charge in [0, 0.05) is 19.8 Å². The summed E-state index contributed by atoms with van der Waals surface area (Å²) in [5.41, 5.74) is 0. The maximum Gasteiger partial charge on any atom is 0.639 e. The minimum absolute atomic E-state index is 0.454. The predicted molar refractivity (Wildman–Crippen MR) is 68.3 cm³/mol. The van der Waals surface area contributed by atoms with Crippen molar-refractivity contribution in [3.05, 3.63) is 0 Å². The summed E-state index contributed by atoms with van der Waals surface area (Å²) >= 11 is 0. The molecule has 0 unspecified atom stereocenters. The van der Waals surface area contributed by atoms with Crippen molar-refractivity contribution in [2.45, 2.75) is 59.3 Å². The molecule has 4 heteroatoms. The van der Waals surface area contributed by atoms with Crippen LogP contribution in [0.2, 0.25) is 0 Å². The Morgan fingerprint density at radius 1 is 0.625 bits per heavy atom. The van der Waals surface area contributed by atoms with Crippen LogP contribution in [-0.2, 0) is 14.0 Å². The quantitative estimate of drug-likeness (QED) is 0.379. The maximum atomic E-state index is 5.53. The van der Waals surface area contributed by atoms with Gasteiger partial charge in [-0.2, -0.15) is 0 Å². The van der Waals surface area contributed by atoms with Crippen LogP contribution in [0.1, 0.15) is 59.3 Å². The van der Waals surface area contributed by atoms with E-state index < -0.39 is 7.32 Å². The van der Waals surface area contributed by atoms with E-state index in [1.165, 1.54) is 0 Å². The first kappa shape index (κ1) is 15.9. The van der Waals surface area contributed by atoms with Gasteiger partial charge in [-0.1, -0.05) is 40.0 Å². The lowest BCUT2D eigenvalue weighted by molar-refractivity contribution is 0.0899. The zero-order chi connectivity index (χ0) is 12.1. The molecule has 0 aromatic rings. The minimum Gasteiger partial charge on any atom is -0.386 e. The van der Waals surface area contributed by atoms with Crippen LogP contribution in [0, 0.1) is 0 Å². The van der Waals surface area contributed by atoms with Gasteiger partial charge in [0.1, 0.15) is 0 Å². The van der Waals surface area contributed by atoms with Crippen molar-refractivity contribution in [3.63, 3.8) is 0 Å². The SMILES string of the molecule is CCCCO[10B](OCCCC)OCCCC. The molecule has 16 heavy (non-hydrogen) atoms. The molecule has 0 saturated carbocycles. The molecule has 0 aromatic carbocycles. The van der Waals surface area contributed by atoms with E-state index in [-0.39, 0.29) is 0 Å². The molecule has 0 radical (unpaired) electrons. The van der Waals surface area contributed by atoms with E-state index in [9.17, 15) is 0 Å². The third-order valence-electron chi connectivity index (χ3n) is 2.26.